The second kappa shape index (κ2) is 8.69. The zero-order valence-electron chi connectivity index (χ0n) is 12.5. The van der Waals surface area contributed by atoms with E-state index in [-0.39, 0.29) is 24.1 Å². The number of anilines is 1. The van der Waals surface area contributed by atoms with Crippen LogP contribution in [0.2, 0.25) is 0 Å². The molecule has 120 valence electrons. The molecule has 5 nitrogen and oxygen atoms in total. The molecule has 23 heavy (non-hydrogen) atoms. The van der Waals surface area contributed by atoms with Gasteiger partial charge in [0.1, 0.15) is 0 Å². The standard InChI is InChI=1S/C16H16BrN3O2S/c1-11-8-12(17)2-3-14(11)20-15(21)9-19-16(22)10-23-13-4-6-18-7-5-13/h2-8H,9-10H2,1H3,(H,19,22)(H,20,21). The van der Waals surface area contributed by atoms with Crippen molar-refractivity contribution in [3.05, 3.63) is 52.8 Å². The van der Waals surface area contributed by atoms with Gasteiger partial charge in [0.2, 0.25) is 11.8 Å². The number of nitrogens with one attached hydrogen (secondary N) is 2. The van der Waals surface area contributed by atoms with Crippen molar-refractivity contribution in [2.75, 3.05) is 17.6 Å². The summed E-state index contributed by atoms with van der Waals surface area (Å²) < 4.78 is 0.953. The third kappa shape index (κ3) is 6.03. The highest BCUT2D eigenvalue weighted by molar-refractivity contribution is 9.10. The Balaban J connectivity index is 1.74. The highest BCUT2D eigenvalue weighted by Gasteiger charge is 2.08. The third-order valence-electron chi connectivity index (χ3n) is 2.93. The number of rotatable bonds is 6. The van der Waals surface area contributed by atoms with Crippen molar-refractivity contribution in [3.8, 4) is 0 Å². The fourth-order valence-electron chi connectivity index (χ4n) is 1.77. The Morgan fingerprint density at radius 1 is 1.17 bits per heavy atom. The molecule has 7 heteroatoms. The summed E-state index contributed by atoms with van der Waals surface area (Å²) in [6, 6.07) is 9.26. The number of thioether (sulfide) groups is 1. The molecule has 1 aromatic heterocycles. The fourth-order valence-corrected chi connectivity index (χ4v) is 2.96. The highest BCUT2D eigenvalue weighted by Crippen LogP contribution is 2.19. The number of hydrogen-bond donors (Lipinski definition) is 2. The molecule has 2 amide bonds. The molecule has 0 unspecified atom stereocenters. The van der Waals surface area contributed by atoms with Gasteiger partial charge in [-0.05, 0) is 42.8 Å². The van der Waals surface area contributed by atoms with Crippen LogP contribution in [0, 0.1) is 6.92 Å². The first-order valence-corrected chi connectivity index (χ1v) is 8.68. The normalized spacial score (nSPS) is 10.2. The summed E-state index contributed by atoms with van der Waals surface area (Å²) in [5, 5.41) is 5.38. The minimum Gasteiger partial charge on any atom is -0.346 e. The minimum atomic E-state index is -0.252. The van der Waals surface area contributed by atoms with E-state index in [2.05, 4.69) is 31.5 Å². The molecule has 0 spiro atoms. The van der Waals surface area contributed by atoms with Crippen LogP contribution in [0.1, 0.15) is 5.56 Å². The highest BCUT2D eigenvalue weighted by atomic mass is 79.9. The molecule has 0 saturated heterocycles. The zero-order valence-corrected chi connectivity index (χ0v) is 14.9. The van der Waals surface area contributed by atoms with E-state index in [0.717, 1.165) is 20.6 Å². The van der Waals surface area contributed by atoms with Gasteiger partial charge >= 0.3 is 0 Å². The van der Waals surface area contributed by atoms with Crippen LogP contribution >= 0.6 is 27.7 Å². The lowest BCUT2D eigenvalue weighted by atomic mass is 10.2. The van der Waals surface area contributed by atoms with Crippen molar-refractivity contribution < 1.29 is 9.59 Å². The zero-order chi connectivity index (χ0) is 16.7. The molecule has 0 bridgehead atoms. The summed E-state index contributed by atoms with van der Waals surface area (Å²) in [5.74, 6) is -0.179. The number of carbonyl (C=O) groups excluding carboxylic acids is 2. The topological polar surface area (TPSA) is 71.1 Å². The van der Waals surface area contributed by atoms with Crippen LogP contribution in [0.4, 0.5) is 5.69 Å². The van der Waals surface area contributed by atoms with Crippen LogP contribution in [0.15, 0.2) is 52.1 Å². The maximum Gasteiger partial charge on any atom is 0.243 e. The van der Waals surface area contributed by atoms with Gasteiger partial charge in [-0.1, -0.05) is 15.9 Å². The van der Waals surface area contributed by atoms with E-state index >= 15 is 0 Å². The van der Waals surface area contributed by atoms with Gasteiger partial charge in [-0.25, -0.2) is 0 Å². The lowest BCUT2D eigenvalue weighted by molar-refractivity contribution is -0.122. The number of aryl methyl sites for hydroxylation is 1. The molecule has 0 saturated carbocycles. The Morgan fingerprint density at radius 3 is 2.61 bits per heavy atom. The van der Waals surface area contributed by atoms with Crippen molar-refractivity contribution in [3.63, 3.8) is 0 Å². The van der Waals surface area contributed by atoms with Crippen molar-refractivity contribution in [1.29, 1.82) is 0 Å². The van der Waals surface area contributed by atoms with Crippen molar-refractivity contribution >= 4 is 45.2 Å². The van der Waals surface area contributed by atoms with Gasteiger partial charge in [0, 0.05) is 27.4 Å². The summed E-state index contributed by atoms with van der Waals surface area (Å²) >= 11 is 4.77. The maximum atomic E-state index is 11.9. The molecule has 0 fully saturated rings. The Hall–Kier alpha value is -1.86. The van der Waals surface area contributed by atoms with Crippen LogP contribution < -0.4 is 10.6 Å². The first kappa shape index (κ1) is 17.5. The van der Waals surface area contributed by atoms with Gasteiger partial charge in [-0.3, -0.25) is 14.6 Å². The molecule has 0 atom stereocenters. The van der Waals surface area contributed by atoms with E-state index in [9.17, 15) is 9.59 Å². The van der Waals surface area contributed by atoms with Gasteiger partial charge in [0.05, 0.1) is 12.3 Å². The monoisotopic (exact) mass is 393 g/mol. The van der Waals surface area contributed by atoms with Gasteiger partial charge in [0.15, 0.2) is 0 Å². The Bertz CT molecular complexity index is 695. The largest absolute Gasteiger partial charge is 0.346 e. The quantitative estimate of drug-likeness (QED) is 0.739. The van der Waals surface area contributed by atoms with Crippen LogP contribution in [-0.4, -0.2) is 29.1 Å². The lowest BCUT2D eigenvalue weighted by Crippen LogP contribution is -2.34. The molecular formula is C16H16BrN3O2S. The molecule has 0 radical (unpaired) electrons. The number of amides is 2. The van der Waals surface area contributed by atoms with E-state index < -0.39 is 0 Å². The van der Waals surface area contributed by atoms with Crippen molar-refractivity contribution in [1.82, 2.24) is 10.3 Å². The number of aromatic nitrogens is 1. The molecule has 2 N–H and O–H groups in total. The summed E-state index contributed by atoms with van der Waals surface area (Å²) in [6.07, 6.45) is 3.35. The van der Waals surface area contributed by atoms with Crippen LogP contribution in [0.25, 0.3) is 0 Å². The second-order valence-corrected chi connectivity index (χ2v) is 6.72. The summed E-state index contributed by atoms with van der Waals surface area (Å²) in [5.41, 5.74) is 1.69. The Labute approximate surface area is 147 Å². The number of halogens is 1. The van der Waals surface area contributed by atoms with Crippen molar-refractivity contribution in [2.24, 2.45) is 0 Å². The number of hydrogen-bond acceptors (Lipinski definition) is 4. The molecule has 0 aliphatic heterocycles. The Morgan fingerprint density at radius 2 is 1.91 bits per heavy atom. The van der Waals surface area contributed by atoms with E-state index in [1.54, 1.807) is 12.4 Å². The second-order valence-electron chi connectivity index (χ2n) is 4.76. The molecule has 1 aromatic carbocycles. The van der Waals surface area contributed by atoms with E-state index in [1.165, 1.54) is 11.8 Å². The first-order valence-electron chi connectivity index (χ1n) is 6.90. The molecule has 2 aromatic rings. The van der Waals surface area contributed by atoms with Crippen LogP contribution in [0.5, 0.6) is 0 Å². The average molecular weight is 394 g/mol. The first-order chi connectivity index (χ1) is 11.0. The molecule has 0 aliphatic rings. The molecular weight excluding hydrogens is 378 g/mol. The van der Waals surface area contributed by atoms with Crippen LogP contribution in [0.3, 0.4) is 0 Å². The number of benzene rings is 1. The van der Waals surface area contributed by atoms with Gasteiger partial charge in [-0.15, -0.1) is 11.8 Å². The lowest BCUT2D eigenvalue weighted by Gasteiger charge is -2.09. The maximum absolute atomic E-state index is 11.9. The van der Waals surface area contributed by atoms with E-state index in [4.69, 9.17) is 0 Å². The number of carbonyl (C=O) groups is 2. The average Bonchev–Trinajstić information content (AvgIpc) is 2.54. The molecule has 2 rings (SSSR count). The van der Waals surface area contributed by atoms with Gasteiger partial charge in [-0.2, -0.15) is 0 Å². The number of pyridine rings is 1. The fraction of sp³-hybridized carbons (Fsp3) is 0.188. The van der Waals surface area contributed by atoms with Crippen molar-refractivity contribution in [2.45, 2.75) is 11.8 Å². The van der Waals surface area contributed by atoms with Gasteiger partial charge < -0.3 is 10.6 Å². The van der Waals surface area contributed by atoms with Crippen LogP contribution in [-0.2, 0) is 9.59 Å². The Kier molecular flexibility index (Phi) is 6.61. The number of nitrogens with zero attached hydrogens (tertiary/aromatic N) is 1. The van der Waals surface area contributed by atoms with Gasteiger partial charge in [0.25, 0.3) is 0 Å². The summed E-state index contributed by atoms with van der Waals surface area (Å²) in [7, 11) is 0. The van der Waals surface area contributed by atoms with E-state index in [0.29, 0.717) is 0 Å². The summed E-state index contributed by atoms with van der Waals surface area (Å²) in [4.78, 5) is 28.5. The SMILES string of the molecule is Cc1cc(Br)ccc1NC(=O)CNC(=O)CSc1ccncc1. The van der Waals surface area contributed by atoms with E-state index in [1.807, 2.05) is 37.3 Å². The predicted molar refractivity (Wildman–Crippen MR) is 95.5 cm³/mol. The molecule has 1 heterocycles. The summed E-state index contributed by atoms with van der Waals surface area (Å²) in [6.45, 7) is 1.86. The minimum absolute atomic E-state index is 0.0504. The molecule has 0 aliphatic carbocycles. The predicted octanol–water partition coefficient (Wildman–Crippen LogP) is 3.00. The smallest absolute Gasteiger partial charge is 0.243 e. The third-order valence-corrected chi connectivity index (χ3v) is 4.43.